The summed E-state index contributed by atoms with van der Waals surface area (Å²) >= 11 is 0. The summed E-state index contributed by atoms with van der Waals surface area (Å²) in [6.45, 7) is 4.24. The molecule has 2 nitrogen and oxygen atoms in total. The molecule has 1 N–H and O–H groups in total. The van der Waals surface area contributed by atoms with Gasteiger partial charge in [-0.05, 0) is 143 Å². The lowest BCUT2D eigenvalue weighted by Gasteiger charge is -2.69. The van der Waals surface area contributed by atoms with Crippen LogP contribution >= 0.6 is 0 Å². The smallest absolute Gasteiger partial charge is 0.309 e. The number of carbonyl (C=O) groups is 1. The highest BCUT2D eigenvalue weighted by atomic mass is 16.4. The largest absolute Gasteiger partial charge is 0.481 e. The summed E-state index contributed by atoms with van der Waals surface area (Å²) in [6.07, 6.45) is 16.9. The SMILES string of the molecule is CC(C)(C(=O)O)C(C12CC3CC(CC(C3)C1)C2)C12CC3CC(CC(C3)C1)C2. The molecule has 0 spiro atoms. The van der Waals surface area contributed by atoms with Crippen LogP contribution in [0.25, 0.3) is 0 Å². The maximum absolute atomic E-state index is 12.6. The highest BCUT2D eigenvalue weighted by Crippen LogP contribution is 2.74. The van der Waals surface area contributed by atoms with Crippen LogP contribution < -0.4 is 0 Å². The Hall–Kier alpha value is -0.530. The number of rotatable bonds is 4. The van der Waals surface area contributed by atoms with Crippen molar-refractivity contribution >= 4 is 5.97 Å². The predicted octanol–water partition coefficient (Wildman–Crippen LogP) is 6.15. The van der Waals surface area contributed by atoms with Gasteiger partial charge in [-0.2, -0.15) is 0 Å². The summed E-state index contributed by atoms with van der Waals surface area (Å²) in [5.74, 6) is 5.38. The van der Waals surface area contributed by atoms with Crippen molar-refractivity contribution in [1.29, 1.82) is 0 Å². The Labute approximate surface area is 164 Å². The fourth-order valence-corrected chi connectivity index (χ4v) is 11.4. The second-order valence-corrected chi connectivity index (χ2v) is 13.0. The van der Waals surface area contributed by atoms with E-state index in [-0.39, 0.29) is 0 Å². The molecule has 0 aromatic carbocycles. The first-order chi connectivity index (χ1) is 12.8. The summed E-state index contributed by atoms with van der Waals surface area (Å²) in [7, 11) is 0. The molecule has 0 atom stereocenters. The van der Waals surface area contributed by atoms with Crippen LogP contribution in [0, 0.1) is 57.7 Å². The Balaban J connectivity index is 1.47. The van der Waals surface area contributed by atoms with Gasteiger partial charge in [-0.25, -0.2) is 0 Å². The van der Waals surface area contributed by atoms with Crippen molar-refractivity contribution < 1.29 is 9.90 Å². The van der Waals surface area contributed by atoms with Crippen molar-refractivity contribution in [2.24, 2.45) is 57.7 Å². The molecule has 8 rings (SSSR count). The van der Waals surface area contributed by atoms with Crippen LogP contribution in [0.5, 0.6) is 0 Å². The van der Waals surface area contributed by atoms with Gasteiger partial charge in [-0.1, -0.05) is 0 Å². The highest BCUT2D eigenvalue weighted by Gasteiger charge is 2.67. The van der Waals surface area contributed by atoms with Gasteiger partial charge in [0, 0.05) is 0 Å². The molecule has 8 aliphatic carbocycles. The predicted molar refractivity (Wildman–Crippen MR) is 106 cm³/mol. The van der Waals surface area contributed by atoms with Crippen LogP contribution in [0.3, 0.4) is 0 Å². The minimum Gasteiger partial charge on any atom is -0.481 e. The van der Waals surface area contributed by atoms with Crippen molar-refractivity contribution in [2.45, 2.75) is 90.9 Å². The van der Waals surface area contributed by atoms with Gasteiger partial charge >= 0.3 is 5.97 Å². The molecule has 8 saturated carbocycles. The van der Waals surface area contributed by atoms with Crippen molar-refractivity contribution in [3.05, 3.63) is 0 Å². The Morgan fingerprint density at radius 2 is 0.963 bits per heavy atom. The van der Waals surface area contributed by atoms with Gasteiger partial charge in [-0.3, -0.25) is 4.79 Å². The van der Waals surface area contributed by atoms with E-state index in [2.05, 4.69) is 13.8 Å². The van der Waals surface area contributed by atoms with Crippen molar-refractivity contribution in [1.82, 2.24) is 0 Å². The third-order valence-corrected chi connectivity index (χ3v) is 10.7. The summed E-state index contributed by atoms with van der Waals surface area (Å²) in [5.41, 5.74) is 0.127. The quantitative estimate of drug-likeness (QED) is 0.645. The molecule has 0 unspecified atom stereocenters. The van der Waals surface area contributed by atoms with Crippen LogP contribution in [-0.4, -0.2) is 11.1 Å². The summed E-state index contributed by atoms with van der Waals surface area (Å²) in [6, 6.07) is 0. The lowest BCUT2D eigenvalue weighted by Crippen LogP contribution is -2.62. The molecule has 8 bridgehead atoms. The van der Waals surface area contributed by atoms with Gasteiger partial charge in [-0.15, -0.1) is 0 Å². The van der Waals surface area contributed by atoms with E-state index in [9.17, 15) is 9.90 Å². The van der Waals surface area contributed by atoms with Gasteiger partial charge in [0.1, 0.15) is 0 Å². The van der Waals surface area contributed by atoms with E-state index in [0.29, 0.717) is 16.7 Å². The van der Waals surface area contributed by atoms with E-state index in [1.165, 1.54) is 77.0 Å². The molecule has 2 heteroatoms. The third kappa shape index (κ3) is 2.34. The lowest BCUT2D eigenvalue weighted by atomic mass is 9.35. The van der Waals surface area contributed by atoms with Gasteiger partial charge in [0.2, 0.25) is 0 Å². The molecule has 8 aliphatic rings. The number of carboxylic acid groups (broad SMARTS) is 1. The fourth-order valence-electron chi connectivity index (χ4n) is 11.4. The van der Waals surface area contributed by atoms with Crippen LogP contribution in [-0.2, 0) is 4.79 Å². The maximum atomic E-state index is 12.6. The molecule has 8 fully saturated rings. The zero-order valence-corrected chi connectivity index (χ0v) is 17.4. The molecule has 0 aromatic rings. The van der Waals surface area contributed by atoms with Gasteiger partial charge in [0.05, 0.1) is 5.41 Å². The first-order valence-corrected chi connectivity index (χ1v) is 12.0. The molecular weight excluding hydrogens is 332 g/mol. The molecule has 0 radical (unpaired) electrons. The van der Waals surface area contributed by atoms with Crippen LogP contribution in [0.1, 0.15) is 90.9 Å². The van der Waals surface area contributed by atoms with Crippen molar-refractivity contribution in [2.75, 3.05) is 0 Å². The second-order valence-electron chi connectivity index (χ2n) is 13.0. The number of hydrogen-bond donors (Lipinski definition) is 1. The fraction of sp³-hybridized carbons (Fsp3) is 0.960. The van der Waals surface area contributed by atoms with Crippen molar-refractivity contribution in [3.63, 3.8) is 0 Å². The third-order valence-electron chi connectivity index (χ3n) is 10.7. The number of hydrogen-bond acceptors (Lipinski definition) is 1. The Kier molecular flexibility index (Phi) is 3.43. The minimum atomic E-state index is -0.572. The number of aliphatic carboxylic acids is 1. The molecule has 0 aromatic heterocycles. The van der Waals surface area contributed by atoms with E-state index >= 15 is 0 Å². The lowest BCUT2D eigenvalue weighted by molar-refractivity contribution is -0.212. The summed E-state index contributed by atoms with van der Waals surface area (Å²) in [5, 5.41) is 10.4. The van der Waals surface area contributed by atoms with Crippen molar-refractivity contribution in [3.8, 4) is 0 Å². The minimum absolute atomic E-state index is 0.350. The molecule has 27 heavy (non-hydrogen) atoms. The monoisotopic (exact) mass is 370 g/mol. The summed E-state index contributed by atoms with van der Waals surface area (Å²) in [4.78, 5) is 12.6. The average molecular weight is 371 g/mol. The second kappa shape index (κ2) is 5.33. The topological polar surface area (TPSA) is 37.3 Å². The van der Waals surface area contributed by atoms with Crippen LogP contribution in [0.15, 0.2) is 0 Å². The molecule has 0 aliphatic heterocycles. The Morgan fingerprint density at radius 1 is 0.704 bits per heavy atom. The van der Waals surface area contributed by atoms with E-state index in [4.69, 9.17) is 0 Å². The molecule has 0 heterocycles. The molecular formula is C25H38O2. The molecule has 0 amide bonds. The van der Waals surface area contributed by atoms with Gasteiger partial charge in [0.25, 0.3) is 0 Å². The zero-order valence-electron chi connectivity index (χ0n) is 17.4. The van der Waals surface area contributed by atoms with E-state index < -0.39 is 11.4 Å². The van der Waals surface area contributed by atoms with Crippen LogP contribution in [0.2, 0.25) is 0 Å². The van der Waals surface area contributed by atoms with Crippen LogP contribution in [0.4, 0.5) is 0 Å². The number of carboxylic acids is 1. The van der Waals surface area contributed by atoms with Gasteiger partial charge < -0.3 is 5.11 Å². The van der Waals surface area contributed by atoms with E-state index in [1.807, 2.05) is 0 Å². The summed E-state index contributed by atoms with van der Waals surface area (Å²) < 4.78 is 0. The van der Waals surface area contributed by atoms with E-state index in [0.717, 1.165) is 35.5 Å². The molecule has 0 saturated heterocycles. The van der Waals surface area contributed by atoms with E-state index in [1.54, 1.807) is 0 Å². The van der Waals surface area contributed by atoms with Gasteiger partial charge in [0.15, 0.2) is 0 Å². The first-order valence-electron chi connectivity index (χ1n) is 12.0. The highest BCUT2D eigenvalue weighted by molar-refractivity contribution is 5.74. The Bertz CT molecular complexity index is 545. The Morgan fingerprint density at radius 3 is 1.19 bits per heavy atom. The first kappa shape index (κ1) is 17.3. The molecule has 150 valence electrons. The zero-order chi connectivity index (χ0) is 18.6. The average Bonchev–Trinajstić information content (AvgIpc) is 2.50. The standard InChI is InChI=1S/C25H38O2/c1-23(2,22(26)27)21(24-9-15-3-16(10-24)5-17(4-15)11-24)25-12-18-6-19(13-25)8-20(7-18)14-25/h15-21H,3-14H2,1-2H3,(H,26,27). The normalized spacial score (nSPS) is 53.7. The maximum Gasteiger partial charge on any atom is 0.309 e.